The lowest BCUT2D eigenvalue weighted by Gasteiger charge is -2.12. The van der Waals surface area contributed by atoms with E-state index in [9.17, 15) is 9.90 Å². The highest BCUT2D eigenvalue weighted by Crippen LogP contribution is 2.28. The molecule has 0 fully saturated rings. The van der Waals surface area contributed by atoms with Crippen LogP contribution >= 0.6 is 0 Å². The summed E-state index contributed by atoms with van der Waals surface area (Å²) in [5.74, 6) is 0. The molecule has 4 rings (SSSR count). The number of carboxylic acid groups (broad SMARTS) is 1. The molecule has 2 heterocycles. The van der Waals surface area contributed by atoms with Crippen LogP contribution in [0, 0.1) is 0 Å². The minimum atomic E-state index is -1.05. The van der Waals surface area contributed by atoms with Gasteiger partial charge in [-0.1, -0.05) is 42.5 Å². The van der Waals surface area contributed by atoms with Crippen molar-refractivity contribution in [3.05, 3.63) is 78.2 Å². The average molecular weight is 402 g/mol. The molecule has 30 heavy (non-hydrogen) atoms. The molecule has 2 unspecified atom stereocenters. The van der Waals surface area contributed by atoms with Gasteiger partial charge in [0, 0.05) is 23.5 Å². The predicted molar refractivity (Wildman–Crippen MR) is 114 cm³/mol. The van der Waals surface area contributed by atoms with Crippen LogP contribution < -0.4 is 5.32 Å². The van der Waals surface area contributed by atoms with E-state index >= 15 is 0 Å². The predicted octanol–water partition coefficient (Wildman–Crippen LogP) is 4.45. The average Bonchev–Trinajstić information content (AvgIpc) is 3.16. The fourth-order valence-electron chi connectivity index (χ4n) is 3.43. The number of nitrogens with one attached hydrogen (secondary N) is 1. The normalized spacial score (nSPS) is 13.2. The third-order valence-corrected chi connectivity index (χ3v) is 5.12. The molecule has 1 amide bonds. The van der Waals surface area contributed by atoms with E-state index in [0.717, 1.165) is 39.0 Å². The number of benzene rings is 2. The number of hydrogen-bond donors (Lipinski definition) is 3. The number of aliphatic hydroxyl groups is 1. The number of hydrogen-bond acceptors (Lipinski definition) is 4. The molecule has 0 saturated heterocycles. The van der Waals surface area contributed by atoms with Gasteiger partial charge in [-0.25, -0.2) is 14.3 Å². The van der Waals surface area contributed by atoms with Crippen LogP contribution in [0.5, 0.6) is 0 Å². The molecule has 7 nitrogen and oxygen atoms in total. The van der Waals surface area contributed by atoms with E-state index in [4.69, 9.17) is 5.11 Å². The molecule has 0 aliphatic carbocycles. The summed E-state index contributed by atoms with van der Waals surface area (Å²) in [7, 11) is 0. The Morgan fingerprint density at radius 3 is 2.47 bits per heavy atom. The first-order valence-electron chi connectivity index (χ1n) is 9.64. The Morgan fingerprint density at radius 1 is 1.00 bits per heavy atom. The second-order valence-electron chi connectivity index (χ2n) is 7.26. The second kappa shape index (κ2) is 7.96. The third-order valence-electron chi connectivity index (χ3n) is 5.12. The lowest BCUT2D eigenvalue weighted by Crippen LogP contribution is -2.24. The van der Waals surface area contributed by atoms with Gasteiger partial charge in [0.25, 0.3) is 0 Å². The minimum Gasteiger partial charge on any atom is -0.465 e. The van der Waals surface area contributed by atoms with Crippen LogP contribution in [0.15, 0.2) is 67.1 Å². The molecular formula is C23H22N4O3. The zero-order valence-corrected chi connectivity index (χ0v) is 16.6. The van der Waals surface area contributed by atoms with Crippen molar-refractivity contribution < 1.29 is 15.0 Å². The summed E-state index contributed by atoms with van der Waals surface area (Å²) in [6.45, 7) is 3.54. The Bertz CT molecular complexity index is 1200. The highest BCUT2D eigenvalue weighted by atomic mass is 16.4. The zero-order chi connectivity index (χ0) is 21.3. The van der Waals surface area contributed by atoms with Gasteiger partial charge in [0.1, 0.15) is 0 Å². The van der Waals surface area contributed by atoms with Crippen LogP contribution in [-0.4, -0.2) is 30.9 Å². The number of rotatable bonds is 5. The van der Waals surface area contributed by atoms with Crippen LogP contribution in [0.1, 0.15) is 37.1 Å². The lowest BCUT2D eigenvalue weighted by atomic mass is 10.0. The fourth-order valence-corrected chi connectivity index (χ4v) is 3.43. The van der Waals surface area contributed by atoms with E-state index in [-0.39, 0.29) is 6.04 Å². The summed E-state index contributed by atoms with van der Waals surface area (Å²) in [6.07, 6.45) is 3.90. The van der Waals surface area contributed by atoms with Crippen molar-refractivity contribution in [3.63, 3.8) is 0 Å². The summed E-state index contributed by atoms with van der Waals surface area (Å²) < 4.78 is 1.74. The van der Waals surface area contributed by atoms with E-state index in [1.807, 2.05) is 54.7 Å². The number of carbonyl (C=O) groups is 1. The Hall–Kier alpha value is -3.71. The van der Waals surface area contributed by atoms with Crippen molar-refractivity contribution in [1.82, 2.24) is 19.9 Å². The minimum absolute atomic E-state index is 0.289. The third kappa shape index (κ3) is 3.88. The number of aromatic nitrogens is 3. The van der Waals surface area contributed by atoms with Gasteiger partial charge in [-0.15, -0.1) is 0 Å². The molecule has 4 aromatic rings. The fraction of sp³-hybridized carbons (Fsp3) is 0.174. The van der Waals surface area contributed by atoms with Gasteiger partial charge in [-0.2, -0.15) is 5.10 Å². The first-order valence-corrected chi connectivity index (χ1v) is 9.64. The molecular weight excluding hydrogens is 380 g/mol. The van der Waals surface area contributed by atoms with Crippen LogP contribution in [0.2, 0.25) is 0 Å². The summed E-state index contributed by atoms with van der Waals surface area (Å²) in [5.41, 5.74) is 6.17. The van der Waals surface area contributed by atoms with Crippen LogP contribution in [0.25, 0.3) is 27.9 Å². The molecule has 3 N–H and O–H groups in total. The maximum Gasteiger partial charge on any atom is 0.405 e. The maximum atomic E-state index is 10.8. The van der Waals surface area contributed by atoms with E-state index in [1.54, 1.807) is 30.8 Å². The van der Waals surface area contributed by atoms with Crippen LogP contribution in [-0.2, 0) is 0 Å². The van der Waals surface area contributed by atoms with E-state index in [0.29, 0.717) is 0 Å². The zero-order valence-electron chi connectivity index (χ0n) is 16.6. The largest absolute Gasteiger partial charge is 0.465 e. The molecule has 2 atom stereocenters. The standard InChI is InChI=1S/C23H22N4O3/c1-14(26-23(29)30)16-6-8-17(9-7-16)20-11-24-22-21(12-25-27(22)13-20)19-5-3-4-18(10-19)15(2)28/h3-15,26,28H,1-2H3,(H,29,30). The lowest BCUT2D eigenvalue weighted by molar-refractivity contribution is 0.191. The van der Waals surface area contributed by atoms with E-state index < -0.39 is 12.2 Å². The van der Waals surface area contributed by atoms with Crippen molar-refractivity contribution in [2.24, 2.45) is 0 Å². The van der Waals surface area contributed by atoms with Gasteiger partial charge in [0.2, 0.25) is 0 Å². The highest BCUT2D eigenvalue weighted by molar-refractivity contribution is 5.78. The first kappa shape index (κ1) is 19.6. The number of aliphatic hydroxyl groups excluding tert-OH is 1. The smallest absolute Gasteiger partial charge is 0.405 e. The monoisotopic (exact) mass is 402 g/mol. The second-order valence-corrected chi connectivity index (χ2v) is 7.26. The number of amides is 1. The van der Waals surface area contributed by atoms with Crippen LogP contribution in [0.3, 0.4) is 0 Å². The van der Waals surface area contributed by atoms with Crippen molar-refractivity contribution in [1.29, 1.82) is 0 Å². The molecule has 0 aliphatic rings. The molecule has 152 valence electrons. The van der Waals surface area contributed by atoms with Gasteiger partial charge >= 0.3 is 6.09 Å². The van der Waals surface area contributed by atoms with Crippen LogP contribution in [0.4, 0.5) is 4.79 Å². The molecule has 0 bridgehead atoms. The van der Waals surface area contributed by atoms with Gasteiger partial charge in [0.15, 0.2) is 5.65 Å². The van der Waals surface area contributed by atoms with Crippen molar-refractivity contribution in [2.45, 2.75) is 26.0 Å². The first-order chi connectivity index (χ1) is 14.4. The molecule has 2 aromatic carbocycles. The van der Waals surface area contributed by atoms with E-state index in [1.165, 1.54) is 0 Å². The van der Waals surface area contributed by atoms with Gasteiger partial charge in [-0.05, 0) is 42.2 Å². The van der Waals surface area contributed by atoms with Crippen molar-refractivity contribution in [2.75, 3.05) is 0 Å². The van der Waals surface area contributed by atoms with Gasteiger partial charge < -0.3 is 15.5 Å². The molecule has 0 aliphatic heterocycles. The summed E-state index contributed by atoms with van der Waals surface area (Å²) in [4.78, 5) is 15.4. The molecule has 0 spiro atoms. The SMILES string of the molecule is CC(O)c1cccc(-c2cnn3cc(-c4ccc(C(C)NC(=O)O)cc4)cnc23)c1. The number of fused-ring (bicyclic) bond motifs is 1. The summed E-state index contributed by atoms with van der Waals surface area (Å²) in [5, 5.41) is 25.6. The van der Waals surface area contributed by atoms with E-state index in [2.05, 4.69) is 15.4 Å². The number of nitrogens with zero attached hydrogens (tertiary/aromatic N) is 3. The Morgan fingerprint density at radius 2 is 1.77 bits per heavy atom. The Balaban J connectivity index is 1.64. The Labute approximate surface area is 173 Å². The van der Waals surface area contributed by atoms with Crippen molar-refractivity contribution in [3.8, 4) is 22.3 Å². The van der Waals surface area contributed by atoms with Gasteiger partial charge in [-0.3, -0.25) is 0 Å². The molecule has 0 radical (unpaired) electrons. The molecule has 0 saturated carbocycles. The maximum absolute atomic E-state index is 10.8. The van der Waals surface area contributed by atoms with Gasteiger partial charge in [0.05, 0.1) is 18.3 Å². The quantitative estimate of drug-likeness (QED) is 0.458. The van der Waals surface area contributed by atoms with Crippen molar-refractivity contribution >= 4 is 11.7 Å². The molecule has 7 heteroatoms. The topological polar surface area (TPSA) is 99.8 Å². The summed E-state index contributed by atoms with van der Waals surface area (Å²) >= 11 is 0. The highest BCUT2D eigenvalue weighted by Gasteiger charge is 2.12. The summed E-state index contributed by atoms with van der Waals surface area (Å²) in [6, 6.07) is 15.1. The Kier molecular flexibility index (Phi) is 5.20. The molecule has 2 aromatic heterocycles.